The van der Waals surface area contributed by atoms with E-state index in [2.05, 4.69) is 0 Å². The van der Waals surface area contributed by atoms with E-state index in [4.69, 9.17) is 5.73 Å². The Morgan fingerprint density at radius 1 is 0.889 bits per heavy atom. The lowest BCUT2D eigenvalue weighted by molar-refractivity contribution is 0.0698. The van der Waals surface area contributed by atoms with Gasteiger partial charge in [0, 0.05) is 37.4 Å². The van der Waals surface area contributed by atoms with Gasteiger partial charge in [-0.05, 0) is 66.8 Å². The molecule has 4 rings (SSSR count). The van der Waals surface area contributed by atoms with Crippen molar-refractivity contribution in [1.82, 2.24) is 9.21 Å². The number of nitrogen functional groups attached to an aromatic ring is 1. The Hall–Kier alpha value is -2.38. The molecule has 0 spiro atoms. The van der Waals surface area contributed by atoms with Gasteiger partial charge in [-0.25, -0.2) is 8.42 Å². The van der Waals surface area contributed by atoms with E-state index in [9.17, 15) is 13.2 Å². The van der Waals surface area contributed by atoms with Crippen molar-refractivity contribution in [1.29, 1.82) is 0 Å². The van der Waals surface area contributed by atoms with Crippen molar-refractivity contribution in [2.75, 3.05) is 31.9 Å². The van der Waals surface area contributed by atoms with Crippen LogP contribution in [0.2, 0.25) is 0 Å². The molecule has 1 aliphatic carbocycles. The van der Waals surface area contributed by atoms with Crippen LogP contribution >= 0.6 is 0 Å². The molecule has 2 N–H and O–H groups in total. The number of sulfonamides is 1. The first-order chi connectivity index (χ1) is 12.9. The molecule has 142 valence electrons. The van der Waals surface area contributed by atoms with Crippen LogP contribution in [0, 0.1) is 0 Å². The van der Waals surface area contributed by atoms with Gasteiger partial charge in [-0.3, -0.25) is 4.79 Å². The van der Waals surface area contributed by atoms with Crippen LogP contribution in [0.4, 0.5) is 5.69 Å². The third-order valence-electron chi connectivity index (χ3n) is 5.39. The van der Waals surface area contributed by atoms with Crippen LogP contribution in [0.5, 0.6) is 0 Å². The first-order valence-electron chi connectivity index (χ1n) is 9.22. The number of benzene rings is 2. The molecule has 2 aromatic carbocycles. The van der Waals surface area contributed by atoms with E-state index < -0.39 is 10.0 Å². The number of nitrogens with zero attached hydrogens (tertiary/aromatic N) is 2. The fraction of sp³-hybridized carbons (Fsp3) is 0.350. The van der Waals surface area contributed by atoms with Crippen molar-refractivity contribution in [3.05, 3.63) is 59.2 Å². The van der Waals surface area contributed by atoms with E-state index >= 15 is 0 Å². The summed E-state index contributed by atoms with van der Waals surface area (Å²) in [6, 6.07) is 12.3. The monoisotopic (exact) mass is 385 g/mol. The van der Waals surface area contributed by atoms with Gasteiger partial charge in [0.1, 0.15) is 0 Å². The highest BCUT2D eigenvalue weighted by Crippen LogP contribution is 2.27. The van der Waals surface area contributed by atoms with E-state index in [1.54, 1.807) is 35.2 Å². The lowest BCUT2D eigenvalue weighted by Gasteiger charge is -2.34. The van der Waals surface area contributed by atoms with Crippen molar-refractivity contribution in [3.63, 3.8) is 0 Å². The van der Waals surface area contributed by atoms with Crippen LogP contribution in [0.3, 0.4) is 0 Å². The summed E-state index contributed by atoms with van der Waals surface area (Å²) in [6.45, 7) is 1.38. The number of piperazine rings is 1. The lowest BCUT2D eigenvalue weighted by Crippen LogP contribution is -2.50. The second kappa shape index (κ2) is 6.98. The molecule has 6 nitrogen and oxygen atoms in total. The van der Waals surface area contributed by atoms with Gasteiger partial charge < -0.3 is 10.6 Å². The van der Waals surface area contributed by atoms with Crippen molar-refractivity contribution < 1.29 is 13.2 Å². The molecule has 0 unspecified atom stereocenters. The van der Waals surface area contributed by atoms with E-state index in [0.717, 1.165) is 24.8 Å². The van der Waals surface area contributed by atoms with E-state index in [1.165, 1.54) is 9.87 Å². The number of hydrogen-bond donors (Lipinski definition) is 1. The Morgan fingerprint density at radius 3 is 2.26 bits per heavy atom. The topological polar surface area (TPSA) is 83.7 Å². The number of amides is 1. The van der Waals surface area contributed by atoms with Crippen molar-refractivity contribution >= 4 is 21.6 Å². The molecule has 0 radical (unpaired) electrons. The number of carbonyl (C=O) groups excluding carboxylic acids is 1. The molecular formula is C20H23N3O3S. The van der Waals surface area contributed by atoms with Gasteiger partial charge in [-0.2, -0.15) is 4.31 Å². The second-order valence-electron chi connectivity index (χ2n) is 7.10. The summed E-state index contributed by atoms with van der Waals surface area (Å²) in [7, 11) is -3.52. The van der Waals surface area contributed by atoms with E-state index in [-0.39, 0.29) is 5.91 Å². The Kier molecular flexibility index (Phi) is 4.65. The van der Waals surface area contributed by atoms with E-state index in [1.807, 2.05) is 12.1 Å². The SMILES string of the molecule is Nc1ccc(C(=O)N2CCN(S(=O)(=O)c3ccc4c(c3)CCC4)CC2)cc1. The molecule has 0 atom stereocenters. The average Bonchev–Trinajstić information content (AvgIpc) is 3.16. The molecule has 2 aliphatic rings. The summed E-state index contributed by atoms with van der Waals surface area (Å²) < 4.78 is 27.4. The summed E-state index contributed by atoms with van der Waals surface area (Å²) in [5, 5.41) is 0. The smallest absolute Gasteiger partial charge is 0.253 e. The average molecular weight is 385 g/mol. The molecule has 0 saturated carbocycles. The van der Waals surface area contributed by atoms with Crippen LogP contribution in [0.15, 0.2) is 47.4 Å². The highest BCUT2D eigenvalue weighted by molar-refractivity contribution is 7.89. The quantitative estimate of drug-likeness (QED) is 0.818. The minimum atomic E-state index is -3.52. The second-order valence-corrected chi connectivity index (χ2v) is 9.04. The van der Waals surface area contributed by atoms with Crippen LogP contribution in [-0.2, 0) is 22.9 Å². The first kappa shape index (κ1) is 18.0. The molecule has 1 amide bonds. The largest absolute Gasteiger partial charge is 0.399 e. The normalized spacial score (nSPS) is 17.7. The zero-order valence-electron chi connectivity index (χ0n) is 15.1. The molecule has 0 bridgehead atoms. The zero-order chi connectivity index (χ0) is 19.0. The van der Waals surface area contributed by atoms with Gasteiger partial charge in [-0.15, -0.1) is 0 Å². The fourth-order valence-corrected chi connectivity index (χ4v) is 5.27. The third-order valence-corrected chi connectivity index (χ3v) is 7.29. The van der Waals surface area contributed by atoms with Gasteiger partial charge in [-0.1, -0.05) is 6.07 Å². The Balaban J connectivity index is 1.45. The molecular weight excluding hydrogens is 362 g/mol. The molecule has 1 saturated heterocycles. The fourth-order valence-electron chi connectivity index (χ4n) is 3.80. The molecule has 27 heavy (non-hydrogen) atoms. The lowest BCUT2D eigenvalue weighted by atomic mass is 10.1. The molecule has 1 aliphatic heterocycles. The first-order valence-corrected chi connectivity index (χ1v) is 10.7. The number of carbonyl (C=O) groups is 1. The number of aryl methyl sites for hydroxylation is 2. The molecule has 7 heteroatoms. The minimum absolute atomic E-state index is 0.0930. The zero-order valence-corrected chi connectivity index (χ0v) is 15.9. The van der Waals surface area contributed by atoms with E-state index in [0.29, 0.717) is 42.3 Å². The Morgan fingerprint density at radius 2 is 1.56 bits per heavy atom. The number of anilines is 1. The van der Waals surface area contributed by atoms with Gasteiger partial charge in [0.05, 0.1) is 4.90 Å². The maximum Gasteiger partial charge on any atom is 0.253 e. The van der Waals surface area contributed by atoms with Gasteiger partial charge in [0.15, 0.2) is 0 Å². The predicted octanol–water partition coefficient (Wildman–Crippen LogP) is 1.90. The molecule has 0 aromatic heterocycles. The number of rotatable bonds is 3. The molecule has 1 fully saturated rings. The van der Waals surface area contributed by atoms with Crippen molar-refractivity contribution in [2.24, 2.45) is 0 Å². The summed E-state index contributed by atoms with van der Waals surface area (Å²) >= 11 is 0. The highest BCUT2D eigenvalue weighted by Gasteiger charge is 2.31. The number of nitrogens with two attached hydrogens (primary N) is 1. The van der Waals surface area contributed by atoms with Crippen LogP contribution in [0.25, 0.3) is 0 Å². The summed E-state index contributed by atoms with van der Waals surface area (Å²) in [4.78, 5) is 14.6. The maximum atomic E-state index is 13.0. The number of fused-ring (bicyclic) bond motifs is 1. The third kappa shape index (κ3) is 3.44. The summed E-state index contributed by atoms with van der Waals surface area (Å²) in [5.41, 5.74) is 9.24. The van der Waals surface area contributed by atoms with Gasteiger partial charge >= 0.3 is 0 Å². The maximum absolute atomic E-state index is 13.0. The van der Waals surface area contributed by atoms with Crippen LogP contribution < -0.4 is 5.73 Å². The highest BCUT2D eigenvalue weighted by atomic mass is 32.2. The van der Waals surface area contributed by atoms with Crippen molar-refractivity contribution in [2.45, 2.75) is 24.2 Å². The standard InChI is InChI=1S/C20H23N3O3S/c21-18-7-4-16(5-8-18)20(24)22-10-12-23(13-11-22)27(25,26)19-9-6-15-2-1-3-17(15)14-19/h4-9,14H,1-3,10-13,21H2. The minimum Gasteiger partial charge on any atom is -0.399 e. The van der Waals surface area contributed by atoms with Gasteiger partial charge in [0.2, 0.25) is 10.0 Å². The Labute approximate surface area is 159 Å². The van der Waals surface area contributed by atoms with Crippen LogP contribution in [-0.4, -0.2) is 49.7 Å². The summed E-state index contributed by atoms with van der Waals surface area (Å²) in [6.07, 6.45) is 3.06. The van der Waals surface area contributed by atoms with Gasteiger partial charge in [0.25, 0.3) is 5.91 Å². The molecule has 2 aromatic rings. The summed E-state index contributed by atoms with van der Waals surface area (Å²) in [5.74, 6) is -0.0930. The Bertz CT molecular complexity index is 962. The number of hydrogen-bond acceptors (Lipinski definition) is 4. The molecule has 1 heterocycles. The predicted molar refractivity (Wildman–Crippen MR) is 104 cm³/mol. The van der Waals surface area contributed by atoms with Crippen LogP contribution in [0.1, 0.15) is 27.9 Å². The van der Waals surface area contributed by atoms with Crippen molar-refractivity contribution in [3.8, 4) is 0 Å².